The molecule has 0 bridgehead atoms. The van der Waals surface area contributed by atoms with Gasteiger partial charge in [-0.05, 0) is 24.5 Å². The first-order valence-electron chi connectivity index (χ1n) is 6.24. The summed E-state index contributed by atoms with van der Waals surface area (Å²) in [6.45, 7) is 4.92. The van der Waals surface area contributed by atoms with E-state index in [1.54, 1.807) is 6.20 Å². The van der Waals surface area contributed by atoms with E-state index in [1.165, 1.54) is 0 Å². The third kappa shape index (κ3) is 2.65. The van der Waals surface area contributed by atoms with Crippen LogP contribution in [-0.2, 0) is 10.2 Å². The lowest BCUT2D eigenvalue weighted by Gasteiger charge is -2.23. The van der Waals surface area contributed by atoms with Gasteiger partial charge in [0, 0.05) is 24.5 Å². The Kier molecular flexibility index (Phi) is 3.46. The fourth-order valence-electron chi connectivity index (χ4n) is 2.32. The van der Waals surface area contributed by atoms with Gasteiger partial charge in [0.15, 0.2) is 0 Å². The van der Waals surface area contributed by atoms with Crippen LogP contribution in [0.1, 0.15) is 45.1 Å². The van der Waals surface area contributed by atoms with Crippen molar-refractivity contribution in [2.45, 2.75) is 44.9 Å². The predicted molar refractivity (Wildman–Crippen MR) is 66.2 cm³/mol. The van der Waals surface area contributed by atoms with Crippen LogP contribution in [0.3, 0.4) is 0 Å². The Labute approximate surface area is 102 Å². The number of hydrogen-bond acceptors (Lipinski definition) is 3. The van der Waals surface area contributed by atoms with E-state index >= 15 is 0 Å². The molecular formula is C14H19NO2. The van der Waals surface area contributed by atoms with Crippen molar-refractivity contribution in [3.05, 3.63) is 24.0 Å². The maximum atomic E-state index is 11.4. The van der Waals surface area contributed by atoms with E-state index in [0.717, 1.165) is 24.2 Å². The largest absolute Gasteiger partial charge is 0.492 e. The van der Waals surface area contributed by atoms with E-state index in [4.69, 9.17) is 4.74 Å². The highest BCUT2D eigenvalue weighted by Gasteiger charge is 2.35. The molecule has 0 aliphatic heterocycles. The van der Waals surface area contributed by atoms with Gasteiger partial charge in [-0.3, -0.25) is 9.78 Å². The smallest absolute Gasteiger partial charge is 0.137 e. The number of hydrogen-bond donors (Lipinski definition) is 0. The predicted octanol–water partition coefficient (Wildman–Crippen LogP) is 2.88. The summed E-state index contributed by atoms with van der Waals surface area (Å²) < 4.78 is 5.58. The Morgan fingerprint density at radius 1 is 1.47 bits per heavy atom. The minimum atomic E-state index is -0.0460. The molecule has 0 amide bonds. The summed E-state index contributed by atoms with van der Waals surface area (Å²) in [5.74, 6) is 1.16. The Bertz CT molecular complexity index is 416. The molecule has 0 saturated heterocycles. The van der Waals surface area contributed by atoms with Crippen molar-refractivity contribution < 1.29 is 9.53 Å². The molecule has 1 aromatic rings. The molecule has 1 aliphatic carbocycles. The molecule has 0 aromatic carbocycles. The van der Waals surface area contributed by atoms with Gasteiger partial charge in [-0.2, -0.15) is 0 Å². The number of pyridine rings is 1. The van der Waals surface area contributed by atoms with Gasteiger partial charge >= 0.3 is 0 Å². The van der Waals surface area contributed by atoms with Crippen molar-refractivity contribution in [2.24, 2.45) is 0 Å². The summed E-state index contributed by atoms with van der Waals surface area (Å²) in [6, 6.07) is 2.03. The van der Waals surface area contributed by atoms with Crippen molar-refractivity contribution in [2.75, 3.05) is 6.61 Å². The average molecular weight is 233 g/mol. The van der Waals surface area contributed by atoms with Crippen LogP contribution in [0, 0.1) is 0 Å². The Morgan fingerprint density at radius 3 is 2.94 bits per heavy atom. The van der Waals surface area contributed by atoms with Crippen LogP contribution in [0.25, 0.3) is 0 Å². The van der Waals surface area contributed by atoms with Crippen LogP contribution in [0.5, 0.6) is 5.75 Å². The molecule has 3 nitrogen and oxygen atoms in total. The maximum Gasteiger partial charge on any atom is 0.137 e. The van der Waals surface area contributed by atoms with Crippen molar-refractivity contribution in [3.8, 4) is 5.75 Å². The van der Waals surface area contributed by atoms with E-state index in [1.807, 2.05) is 12.3 Å². The van der Waals surface area contributed by atoms with Crippen LogP contribution in [0.2, 0.25) is 0 Å². The average Bonchev–Trinajstić information content (AvgIpc) is 2.68. The second-order valence-electron chi connectivity index (χ2n) is 5.03. The van der Waals surface area contributed by atoms with Gasteiger partial charge in [0.1, 0.15) is 11.5 Å². The first-order valence-corrected chi connectivity index (χ1v) is 6.24. The monoisotopic (exact) mass is 233 g/mol. The third-order valence-electron chi connectivity index (χ3n) is 3.43. The Balaban J connectivity index is 2.18. The highest BCUT2D eigenvalue weighted by Crippen LogP contribution is 2.39. The Morgan fingerprint density at radius 2 is 2.29 bits per heavy atom. The maximum absolute atomic E-state index is 11.4. The number of carbonyl (C=O) groups excluding carboxylic acids is 1. The molecular weight excluding hydrogens is 214 g/mol. The van der Waals surface area contributed by atoms with E-state index in [0.29, 0.717) is 25.2 Å². The zero-order valence-corrected chi connectivity index (χ0v) is 10.5. The molecule has 1 aliphatic rings. The fraction of sp³-hybridized carbons (Fsp3) is 0.571. The van der Waals surface area contributed by atoms with Crippen LogP contribution in [0.15, 0.2) is 18.5 Å². The molecule has 1 atom stereocenters. The lowest BCUT2D eigenvalue weighted by atomic mass is 9.82. The molecule has 3 heteroatoms. The summed E-state index contributed by atoms with van der Waals surface area (Å²) in [6.07, 6.45) is 6.82. The minimum absolute atomic E-state index is 0.0460. The number of nitrogens with zero attached hydrogens (tertiary/aromatic N) is 1. The molecule has 0 N–H and O–H groups in total. The van der Waals surface area contributed by atoms with Gasteiger partial charge in [0.05, 0.1) is 12.8 Å². The quantitative estimate of drug-likeness (QED) is 0.802. The van der Waals surface area contributed by atoms with Crippen molar-refractivity contribution >= 4 is 5.78 Å². The molecule has 2 rings (SSSR count). The van der Waals surface area contributed by atoms with Gasteiger partial charge in [0.25, 0.3) is 0 Å². The second kappa shape index (κ2) is 4.86. The van der Waals surface area contributed by atoms with Gasteiger partial charge < -0.3 is 4.74 Å². The summed E-state index contributed by atoms with van der Waals surface area (Å²) in [4.78, 5) is 15.7. The van der Waals surface area contributed by atoms with Gasteiger partial charge in [0.2, 0.25) is 0 Å². The first kappa shape index (κ1) is 12.1. The van der Waals surface area contributed by atoms with Crippen LogP contribution in [0.4, 0.5) is 0 Å². The normalized spacial score (nSPS) is 24.0. The molecule has 92 valence electrons. The number of Topliss-reactive ketones (excluding diaryl/α,β-unsaturated/α-hetero) is 1. The number of rotatable bonds is 4. The number of ether oxygens (including phenoxy) is 1. The highest BCUT2D eigenvalue weighted by molar-refractivity contribution is 5.82. The second-order valence-corrected chi connectivity index (χ2v) is 5.03. The van der Waals surface area contributed by atoms with Crippen molar-refractivity contribution in [1.82, 2.24) is 4.98 Å². The summed E-state index contributed by atoms with van der Waals surface area (Å²) in [5, 5.41) is 0. The number of aromatic nitrogens is 1. The van der Waals surface area contributed by atoms with Crippen LogP contribution < -0.4 is 4.74 Å². The molecule has 1 aromatic heterocycles. The zero-order chi connectivity index (χ0) is 12.3. The highest BCUT2D eigenvalue weighted by atomic mass is 16.5. The number of carbonyl (C=O) groups is 1. The molecule has 1 fully saturated rings. The minimum Gasteiger partial charge on any atom is -0.492 e. The zero-order valence-electron chi connectivity index (χ0n) is 10.5. The molecule has 1 saturated carbocycles. The van der Waals surface area contributed by atoms with Gasteiger partial charge in [-0.25, -0.2) is 0 Å². The van der Waals surface area contributed by atoms with E-state index in [-0.39, 0.29) is 5.41 Å². The van der Waals surface area contributed by atoms with E-state index in [9.17, 15) is 4.79 Å². The third-order valence-corrected chi connectivity index (χ3v) is 3.43. The van der Waals surface area contributed by atoms with E-state index < -0.39 is 0 Å². The molecule has 1 heterocycles. The Hall–Kier alpha value is -1.38. The fourth-order valence-corrected chi connectivity index (χ4v) is 2.32. The van der Waals surface area contributed by atoms with Gasteiger partial charge in [-0.15, -0.1) is 0 Å². The summed E-state index contributed by atoms with van der Waals surface area (Å²) in [5.41, 5.74) is 1.08. The van der Waals surface area contributed by atoms with Crippen molar-refractivity contribution in [3.63, 3.8) is 0 Å². The molecule has 17 heavy (non-hydrogen) atoms. The summed E-state index contributed by atoms with van der Waals surface area (Å²) >= 11 is 0. The lowest BCUT2D eigenvalue weighted by molar-refractivity contribution is -0.117. The first-order chi connectivity index (χ1) is 8.14. The lowest BCUT2D eigenvalue weighted by Crippen LogP contribution is -2.18. The molecule has 0 spiro atoms. The molecule has 0 radical (unpaired) electrons. The van der Waals surface area contributed by atoms with E-state index in [2.05, 4.69) is 18.8 Å². The van der Waals surface area contributed by atoms with Crippen LogP contribution in [-0.4, -0.2) is 17.4 Å². The SMILES string of the molecule is CCCOc1cncc(C2(C)CCC(=O)C2)c1. The van der Waals surface area contributed by atoms with Crippen molar-refractivity contribution in [1.29, 1.82) is 0 Å². The van der Waals surface area contributed by atoms with Crippen LogP contribution >= 0.6 is 0 Å². The van der Waals surface area contributed by atoms with Gasteiger partial charge in [-0.1, -0.05) is 13.8 Å². The standard InChI is InChI=1S/C14H19NO2/c1-3-6-17-13-7-11(9-15-10-13)14(2)5-4-12(16)8-14/h7,9-10H,3-6,8H2,1-2H3. The topological polar surface area (TPSA) is 39.2 Å². The summed E-state index contributed by atoms with van der Waals surface area (Å²) in [7, 11) is 0. The number of ketones is 1. The molecule has 1 unspecified atom stereocenters.